The van der Waals surface area contributed by atoms with Crippen LogP contribution in [0.5, 0.6) is 0 Å². The number of hydrogen-bond donors (Lipinski definition) is 1. The molecule has 1 heterocycles. The molecule has 0 aliphatic carbocycles. The van der Waals surface area contributed by atoms with Gasteiger partial charge >= 0.3 is 5.97 Å². The van der Waals surface area contributed by atoms with Crippen molar-refractivity contribution >= 4 is 17.7 Å². The Morgan fingerprint density at radius 1 is 0.857 bits per heavy atom. The van der Waals surface area contributed by atoms with Gasteiger partial charge in [0.05, 0.1) is 17.9 Å². The minimum atomic E-state index is -0.874. The highest BCUT2D eigenvalue weighted by molar-refractivity contribution is 8.02. The lowest BCUT2D eigenvalue weighted by Gasteiger charge is -2.35. The molecule has 0 spiro atoms. The Bertz CT molecular complexity index is 907. The first-order valence-electron chi connectivity index (χ1n) is 9.32. The van der Waals surface area contributed by atoms with Gasteiger partial charge in [0.2, 0.25) is 0 Å². The number of hydrogen-bond acceptors (Lipinski definition) is 4. The van der Waals surface area contributed by atoms with Crippen LogP contribution in [0.15, 0.2) is 91.0 Å². The van der Waals surface area contributed by atoms with Gasteiger partial charge in [0.1, 0.15) is 0 Å². The number of esters is 1. The lowest BCUT2D eigenvalue weighted by Crippen LogP contribution is -2.44. The lowest BCUT2D eigenvalue weighted by molar-refractivity contribution is -0.144. The van der Waals surface area contributed by atoms with Gasteiger partial charge in [0, 0.05) is 0 Å². The topological polar surface area (TPSA) is 38.3 Å². The van der Waals surface area contributed by atoms with E-state index in [1.54, 1.807) is 11.8 Å². The van der Waals surface area contributed by atoms with E-state index in [1.165, 1.54) is 7.11 Å². The largest absolute Gasteiger partial charge is 0.467 e. The zero-order valence-corrected chi connectivity index (χ0v) is 16.8. The van der Waals surface area contributed by atoms with Crippen molar-refractivity contribution in [3.63, 3.8) is 0 Å². The number of carbonyl (C=O) groups is 1. The first kappa shape index (κ1) is 18.8. The summed E-state index contributed by atoms with van der Waals surface area (Å²) in [5.41, 5.74) is 3.44. The molecule has 0 aromatic heterocycles. The highest BCUT2D eigenvalue weighted by atomic mass is 32.2. The molecule has 1 saturated heterocycles. The molecule has 1 aliphatic rings. The van der Waals surface area contributed by atoms with Crippen LogP contribution in [0.3, 0.4) is 0 Å². The van der Waals surface area contributed by atoms with Crippen molar-refractivity contribution in [2.45, 2.75) is 22.6 Å². The molecule has 2 atom stereocenters. The number of methoxy groups -OCH3 is 1. The molecule has 0 saturated carbocycles. The molecule has 0 amide bonds. The maximum absolute atomic E-state index is 12.8. The van der Waals surface area contributed by atoms with Gasteiger partial charge in [0.25, 0.3) is 0 Å². The van der Waals surface area contributed by atoms with Gasteiger partial charge in [-0.1, -0.05) is 91.0 Å². The van der Waals surface area contributed by atoms with Crippen molar-refractivity contribution in [3.05, 3.63) is 108 Å². The number of carbonyl (C=O) groups excluding carboxylic acids is 1. The molecular weight excluding hydrogens is 366 g/mol. The van der Waals surface area contributed by atoms with Crippen LogP contribution >= 0.6 is 11.8 Å². The van der Waals surface area contributed by atoms with Crippen molar-refractivity contribution in [1.82, 2.24) is 5.32 Å². The molecule has 142 valence electrons. The quantitative estimate of drug-likeness (QED) is 0.645. The third kappa shape index (κ3) is 3.03. The molecule has 1 aliphatic heterocycles. The summed E-state index contributed by atoms with van der Waals surface area (Å²) in [5.74, 6) is -0.271. The summed E-state index contributed by atoms with van der Waals surface area (Å²) in [6.07, 6.45) is 0. The zero-order chi connectivity index (χ0) is 19.6. The Kier molecular flexibility index (Phi) is 5.00. The molecule has 1 fully saturated rings. The van der Waals surface area contributed by atoms with Gasteiger partial charge in [-0.15, -0.1) is 11.8 Å². The second-order valence-corrected chi connectivity index (χ2v) is 8.75. The van der Waals surface area contributed by atoms with E-state index in [2.05, 4.69) is 66.0 Å². The summed E-state index contributed by atoms with van der Waals surface area (Å²) >= 11 is 1.62. The van der Waals surface area contributed by atoms with E-state index in [0.29, 0.717) is 0 Å². The highest BCUT2D eigenvalue weighted by Crippen LogP contribution is 2.60. The summed E-state index contributed by atoms with van der Waals surface area (Å²) < 4.78 is 4.68. The predicted octanol–water partition coefficient (Wildman–Crippen LogP) is 4.90. The third-order valence-electron chi connectivity index (χ3n) is 5.30. The Labute approximate surface area is 170 Å². The van der Waals surface area contributed by atoms with Crippen molar-refractivity contribution in [2.24, 2.45) is 0 Å². The SMILES string of the molecule is COC(=O)[C@@]1(C)N[C@@H](c2ccccc2)C(c2ccccc2)(c2ccccc2)S1. The summed E-state index contributed by atoms with van der Waals surface area (Å²) in [7, 11) is 1.44. The smallest absolute Gasteiger partial charge is 0.336 e. The molecule has 4 heteroatoms. The van der Waals surface area contributed by atoms with E-state index in [1.807, 2.05) is 37.3 Å². The van der Waals surface area contributed by atoms with E-state index in [-0.39, 0.29) is 12.0 Å². The first-order chi connectivity index (χ1) is 13.6. The fourth-order valence-corrected chi connectivity index (χ4v) is 5.84. The molecule has 3 aromatic carbocycles. The van der Waals surface area contributed by atoms with Gasteiger partial charge in [-0.05, 0) is 23.6 Å². The van der Waals surface area contributed by atoms with Gasteiger partial charge in [-0.2, -0.15) is 0 Å². The first-order valence-corrected chi connectivity index (χ1v) is 10.1. The molecule has 1 N–H and O–H groups in total. The van der Waals surface area contributed by atoms with Crippen LogP contribution in [0.25, 0.3) is 0 Å². The Morgan fingerprint density at radius 3 is 1.79 bits per heavy atom. The molecule has 28 heavy (non-hydrogen) atoms. The maximum atomic E-state index is 12.8. The van der Waals surface area contributed by atoms with Crippen molar-refractivity contribution in [3.8, 4) is 0 Å². The van der Waals surface area contributed by atoms with Crippen molar-refractivity contribution < 1.29 is 9.53 Å². The average Bonchev–Trinajstić information content (AvgIpc) is 3.11. The van der Waals surface area contributed by atoms with Crippen LogP contribution in [0.2, 0.25) is 0 Å². The minimum Gasteiger partial charge on any atom is -0.467 e. The van der Waals surface area contributed by atoms with Crippen LogP contribution in [0.4, 0.5) is 0 Å². The molecule has 0 radical (unpaired) electrons. The Balaban J connectivity index is 1.99. The number of benzene rings is 3. The third-order valence-corrected chi connectivity index (χ3v) is 7.03. The van der Waals surface area contributed by atoms with Crippen LogP contribution in [-0.4, -0.2) is 18.0 Å². The normalized spacial score (nSPS) is 23.3. The molecule has 0 unspecified atom stereocenters. The number of ether oxygens (including phenoxy) is 1. The van der Waals surface area contributed by atoms with Gasteiger partial charge in [-0.25, -0.2) is 4.79 Å². The van der Waals surface area contributed by atoms with Crippen LogP contribution < -0.4 is 5.32 Å². The minimum absolute atomic E-state index is 0.104. The predicted molar refractivity (Wildman–Crippen MR) is 114 cm³/mol. The fourth-order valence-electron chi connectivity index (χ4n) is 4.04. The average molecular weight is 390 g/mol. The lowest BCUT2D eigenvalue weighted by atomic mass is 9.80. The second-order valence-electron chi connectivity index (χ2n) is 7.08. The monoisotopic (exact) mass is 389 g/mol. The summed E-state index contributed by atoms with van der Waals surface area (Å²) in [5, 5.41) is 3.61. The number of rotatable bonds is 4. The standard InChI is InChI=1S/C24H23NO2S/c1-23(22(26)27-2)25-21(18-12-6-3-7-13-18)24(28-23,19-14-8-4-9-15-19)20-16-10-5-11-17-20/h3-17,21,25H,1-2H3/t21-,23-/m0/s1. The summed E-state index contributed by atoms with van der Waals surface area (Å²) in [6, 6.07) is 31.0. The van der Waals surface area contributed by atoms with E-state index < -0.39 is 9.62 Å². The van der Waals surface area contributed by atoms with Crippen LogP contribution in [-0.2, 0) is 14.3 Å². The molecule has 4 rings (SSSR count). The molecule has 3 nitrogen and oxygen atoms in total. The molecular formula is C24H23NO2S. The number of nitrogens with one attached hydrogen (secondary N) is 1. The van der Waals surface area contributed by atoms with E-state index >= 15 is 0 Å². The summed E-state index contributed by atoms with van der Waals surface area (Å²) in [4.78, 5) is 11.9. The number of thioether (sulfide) groups is 1. The maximum Gasteiger partial charge on any atom is 0.336 e. The van der Waals surface area contributed by atoms with Crippen molar-refractivity contribution in [2.75, 3.05) is 7.11 Å². The van der Waals surface area contributed by atoms with Gasteiger partial charge in [0.15, 0.2) is 4.87 Å². The zero-order valence-electron chi connectivity index (χ0n) is 16.0. The molecule has 0 bridgehead atoms. The second kappa shape index (κ2) is 7.46. The van der Waals surface area contributed by atoms with E-state index in [4.69, 9.17) is 4.74 Å². The van der Waals surface area contributed by atoms with E-state index in [9.17, 15) is 4.79 Å². The summed E-state index contributed by atoms with van der Waals surface area (Å²) in [6.45, 7) is 1.91. The van der Waals surface area contributed by atoms with Crippen LogP contribution in [0.1, 0.15) is 29.7 Å². The van der Waals surface area contributed by atoms with E-state index in [0.717, 1.165) is 16.7 Å². The Hall–Kier alpha value is -2.56. The van der Waals surface area contributed by atoms with Gasteiger partial charge < -0.3 is 4.74 Å². The van der Waals surface area contributed by atoms with Crippen LogP contribution in [0, 0.1) is 0 Å². The fraction of sp³-hybridized carbons (Fsp3) is 0.208. The Morgan fingerprint density at radius 2 is 1.32 bits per heavy atom. The highest BCUT2D eigenvalue weighted by Gasteiger charge is 2.59. The van der Waals surface area contributed by atoms with Gasteiger partial charge in [-0.3, -0.25) is 5.32 Å². The molecule has 3 aromatic rings. The van der Waals surface area contributed by atoms with Crippen molar-refractivity contribution in [1.29, 1.82) is 0 Å².